The summed E-state index contributed by atoms with van der Waals surface area (Å²) < 4.78 is 1.89. The van der Waals surface area contributed by atoms with Gasteiger partial charge in [0.1, 0.15) is 12.1 Å². The number of amides is 1. The molecule has 3 heterocycles. The molecule has 0 aliphatic carbocycles. The van der Waals surface area contributed by atoms with E-state index in [0.29, 0.717) is 18.9 Å². The van der Waals surface area contributed by atoms with Crippen LogP contribution in [0.5, 0.6) is 0 Å². The summed E-state index contributed by atoms with van der Waals surface area (Å²) in [6, 6.07) is 0.117. The van der Waals surface area contributed by atoms with Crippen LogP contribution in [0.2, 0.25) is 0 Å². The van der Waals surface area contributed by atoms with E-state index < -0.39 is 0 Å². The van der Waals surface area contributed by atoms with E-state index in [1.165, 1.54) is 12.4 Å². The standard InChI is InChI=1S/C14H18N6O/c1-3-10-12-13(15)16-8-17-14(12)20(18-10)9-5-6-19(7-9)11(21)4-2/h4,8-9H,2-3,5-7H2,1H3,(H2,15,16,17). The molecule has 21 heavy (non-hydrogen) atoms. The first-order chi connectivity index (χ1) is 10.2. The van der Waals surface area contributed by atoms with Gasteiger partial charge in [-0.1, -0.05) is 13.5 Å². The van der Waals surface area contributed by atoms with Crippen LogP contribution in [0.25, 0.3) is 11.0 Å². The molecule has 1 fully saturated rings. The highest BCUT2D eigenvalue weighted by Gasteiger charge is 2.29. The zero-order valence-electron chi connectivity index (χ0n) is 12.0. The van der Waals surface area contributed by atoms with Crippen molar-refractivity contribution in [2.75, 3.05) is 18.8 Å². The molecular weight excluding hydrogens is 268 g/mol. The molecule has 2 aromatic rings. The Morgan fingerprint density at radius 1 is 1.57 bits per heavy atom. The van der Waals surface area contributed by atoms with Crippen molar-refractivity contribution in [3.05, 3.63) is 24.7 Å². The second-order valence-electron chi connectivity index (χ2n) is 5.13. The summed E-state index contributed by atoms with van der Waals surface area (Å²) in [5, 5.41) is 5.47. The highest BCUT2D eigenvalue weighted by molar-refractivity contribution is 5.88. The molecule has 1 saturated heterocycles. The summed E-state index contributed by atoms with van der Waals surface area (Å²) in [6.45, 7) is 6.89. The first kappa shape index (κ1) is 13.5. The number of aromatic nitrogens is 4. The molecule has 110 valence electrons. The van der Waals surface area contributed by atoms with Crippen LogP contribution in [0.1, 0.15) is 25.1 Å². The number of nitrogen functional groups attached to an aromatic ring is 1. The third-order valence-corrected chi connectivity index (χ3v) is 3.92. The zero-order valence-corrected chi connectivity index (χ0v) is 12.0. The first-order valence-electron chi connectivity index (χ1n) is 7.04. The number of hydrogen-bond donors (Lipinski definition) is 1. The SMILES string of the molecule is C=CC(=O)N1CCC(n2nc(CC)c3c(N)ncnc32)C1. The summed E-state index contributed by atoms with van der Waals surface area (Å²) in [7, 11) is 0. The second kappa shape index (κ2) is 5.16. The number of fused-ring (bicyclic) bond motifs is 1. The van der Waals surface area contributed by atoms with Crippen molar-refractivity contribution < 1.29 is 4.79 Å². The van der Waals surface area contributed by atoms with Gasteiger partial charge in [-0.15, -0.1) is 0 Å². The molecule has 0 spiro atoms. The van der Waals surface area contributed by atoms with Gasteiger partial charge in [0.2, 0.25) is 5.91 Å². The summed E-state index contributed by atoms with van der Waals surface area (Å²) in [4.78, 5) is 21.9. The van der Waals surface area contributed by atoms with Gasteiger partial charge in [-0.3, -0.25) is 4.79 Å². The molecule has 7 heteroatoms. The molecule has 3 rings (SSSR count). The lowest BCUT2D eigenvalue weighted by molar-refractivity contribution is -0.125. The number of rotatable bonds is 3. The smallest absolute Gasteiger partial charge is 0.246 e. The molecule has 2 N–H and O–H groups in total. The first-order valence-corrected chi connectivity index (χ1v) is 7.04. The number of nitrogens with zero attached hydrogens (tertiary/aromatic N) is 5. The van der Waals surface area contributed by atoms with Gasteiger partial charge in [0, 0.05) is 13.1 Å². The fourth-order valence-corrected chi connectivity index (χ4v) is 2.84. The lowest BCUT2D eigenvalue weighted by atomic mass is 10.2. The maximum absolute atomic E-state index is 11.7. The predicted molar refractivity (Wildman–Crippen MR) is 79.5 cm³/mol. The predicted octanol–water partition coefficient (Wildman–Crippen LogP) is 0.930. The van der Waals surface area contributed by atoms with Crippen molar-refractivity contribution in [3.8, 4) is 0 Å². The van der Waals surface area contributed by atoms with Crippen LogP contribution in [0.3, 0.4) is 0 Å². The van der Waals surface area contributed by atoms with E-state index in [2.05, 4.69) is 21.6 Å². The molecule has 0 radical (unpaired) electrons. The Labute approximate surface area is 122 Å². The number of nitrogens with two attached hydrogens (primary N) is 1. The van der Waals surface area contributed by atoms with Gasteiger partial charge in [0.25, 0.3) is 0 Å². The lowest BCUT2D eigenvalue weighted by Crippen LogP contribution is -2.27. The quantitative estimate of drug-likeness (QED) is 0.848. The van der Waals surface area contributed by atoms with Crippen LogP contribution < -0.4 is 5.73 Å². The van der Waals surface area contributed by atoms with Gasteiger partial charge < -0.3 is 10.6 Å². The van der Waals surface area contributed by atoms with Crippen LogP contribution in [-0.4, -0.2) is 43.6 Å². The number of likely N-dealkylation sites (tertiary alicyclic amines) is 1. The van der Waals surface area contributed by atoms with E-state index in [1.54, 1.807) is 4.90 Å². The van der Waals surface area contributed by atoms with E-state index in [9.17, 15) is 4.79 Å². The average Bonchev–Trinajstić information content (AvgIpc) is 3.11. The van der Waals surface area contributed by atoms with Crippen LogP contribution in [0.15, 0.2) is 19.0 Å². The van der Waals surface area contributed by atoms with Crippen molar-refractivity contribution in [2.45, 2.75) is 25.8 Å². The maximum Gasteiger partial charge on any atom is 0.246 e. The van der Waals surface area contributed by atoms with Crippen LogP contribution in [-0.2, 0) is 11.2 Å². The highest BCUT2D eigenvalue weighted by Crippen LogP contribution is 2.28. The number of aryl methyl sites for hydroxylation is 1. The Bertz CT molecular complexity index is 707. The molecule has 7 nitrogen and oxygen atoms in total. The van der Waals surface area contributed by atoms with E-state index in [4.69, 9.17) is 5.73 Å². The molecule has 0 bridgehead atoms. The van der Waals surface area contributed by atoms with Crippen LogP contribution >= 0.6 is 0 Å². The molecule has 1 atom stereocenters. The Morgan fingerprint density at radius 2 is 2.38 bits per heavy atom. The Hall–Kier alpha value is -2.44. The molecule has 2 aromatic heterocycles. The molecule has 1 unspecified atom stereocenters. The topological polar surface area (TPSA) is 89.9 Å². The summed E-state index contributed by atoms with van der Waals surface area (Å²) in [5.74, 6) is 0.416. The second-order valence-corrected chi connectivity index (χ2v) is 5.13. The summed E-state index contributed by atoms with van der Waals surface area (Å²) in [5.41, 5.74) is 7.61. The Balaban J connectivity index is 2.00. The van der Waals surface area contributed by atoms with E-state index >= 15 is 0 Å². The fourth-order valence-electron chi connectivity index (χ4n) is 2.84. The number of anilines is 1. The van der Waals surface area contributed by atoms with Gasteiger partial charge in [0.15, 0.2) is 5.65 Å². The largest absolute Gasteiger partial charge is 0.383 e. The van der Waals surface area contributed by atoms with E-state index in [1.807, 2.05) is 11.6 Å². The fraction of sp³-hybridized carbons (Fsp3) is 0.429. The van der Waals surface area contributed by atoms with Crippen molar-refractivity contribution in [3.63, 3.8) is 0 Å². The maximum atomic E-state index is 11.7. The van der Waals surface area contributed by atoms with E-state index in [-0.39, 0.29) is 11.9 Å². The molecule has 1 amide bonds. The minimum Gasteiger partial charge on any atom is -0.383 e. The Morgan fingerprint density at radius 3 is 3.10 bits per heavy atom. The third kappa shape index (κ3) is 2.14. The lowest BCUT2D eigenvalue weighted by Gasteiger charge is -2.14. The molecule has 0 aromatic carbocycles. The van der Waals surface area contributed by atoms with Crippen molar-refractivity contribution in [2.24, 2.45) is 0 Å². The normalized spacial score (nSPS) is 18.3. The number of hydrogen-bond acceptors (Lipinski definition) is 5. The minimum atomic E-state index is -0.0428. The van der Waals surface area contributed by atoms with Gasteiger partial charge in [0.05, 0.1) is 17.1 Å². The van der Waals surface area contributed by atoms with Crippen molar-refractivity contribution in [1.82, 2.24) is 24.6 Å². The summed E-state index contributed by atoms with van der Waals surface area (Å²) in [6.07, 6.45) is 4.42. The average molecular weight is 286 g/mol. The molecule has 0 saturated carbocycles. The number of carbonyl (C=O) groups is 1. The third-order valence-electron chi connectivity index (χ3n) is 3.92. The van der Waals surface area contributed by atoms with E-state index in [0.717, 1.165) is 29.6 Å². The zero-order chi connectivity index (χ0) is 15.0. The van der Waals surface area contributed by atoms with Crippen molar-refractivity contribution >= 4 is 22.8 Å². The monoisotopic (exact) mass is 286 g/mol. The minimum absolute atomic E-state index is 0.0428. The molecule has 1 aliphatic heterocycles. The molecular formula is C14H18N6O. The van der Waals surface area contributed by atoms with Crippen LogP contribution in [0, 0.1) is 0 Å². The van der Waals surface area contributed by atoms with Gasteiger partial charge in [-0.2, -0.15) is 5.10 Å². The van der Waals surface area contributed by atoms with Gasteiger partial charge in [-0.05, 0) is 18.9 Å². The Kier molecular flexibility index (Phi) is 3.32. The number of carbonyl (C=O) groups excluding carboxylic acids is 1. The van der Waals surface area contributed by atoms with Gasteiger partial charge >= 0.3 is 0 Å². The van der Waals surface area contributed by atoms with Crippen LogP contribution in [0.4, 0.5) is 5.82 Å². The van der Waals surface area contributed by atoms with Crippen molar-refractivity contribution in [1.29, 1.82) is 0 Å². The highest BCUT2D eigenvalue weighted by atomic mass is 16.2. The molecule has 1 aliphatic rings. The summed E-state index contributed by atoms with van der Waals surface area (Å²) >= 11 is 0. The van der Waals surface area contributed by atoms with Gasteiger partial charge in [-0.25, -0.2) is 14.6 Å².